The van der Waals surface area contributed by atoms with E-state index in [2.05, 4.69) is 0 Å². The maximum atomic E-state index is 0. The SMILES string of the molecule is [Fe+2].[Ni+2].[OH-].[OH-].[OH-].[OH-].[OH-].[OH-].[OH-].[OH-].[W+4]. The molecule has 0 rings (SSSR count). The molecule has 0 aliphatic rings. The summed E-state index contributed by atoms with van der Waals surface area (Å²) in [5.74, 6) is 0. The summed E-state index contributed by atoms with van der Waals surface area (Å²) in [7, 11) is 0. The van der Waals surface area contributed by atoms with Crippen molar-refractivity contribution >= 4 is 0 Å². The molecule has 0 unspecified atom stereocenters. The Kier molecular flexibility index (Phi) is 49100. The van der Waals surface area contributed by atoms with E-state index in [1.165, 1.54) is 0 Å². The van der Waals surface area contributed by atoms with Crippen LogP contribution in [0.15, 0.2) is 0 Å². The van der Waals surface area contributed by atoms with Gasteiger partial charge in [-0.15, -0.1) is 0 Å². The molecular formula is H8FeNiO8W. The molecule has 8 nitrogen and oxygen atoms in total. The van der Waals surface area contributed by atoms with Crippen molar-refractivity contribution in [3.05, 3.63) is 0 Å². The zero-order valence-corrected chi connectivity index (χ0v) is 9.68. The van der Waals surface area contributed by atoms with Gasteiger partial charge < -0.3 is 43.8 Å². The van der Waals surface area contributed by atoms with E-state index < -0.39 is 0 Å². The van der Waals surface area contributed by atoms with Gasteiger partial charge in [-0.2, -0.15) is 0 Å². The average Bonchev–Trinajstić information content (AvgIpc) is 0. The minimum atomic E-state index is 0. The molecule has 0 aromatic heterocycles. The van der Waals surface area contributed by atoms with Crippen molar-refractivity contribution < 1.29 is 98.4 Å². The van der Waals surface area contributed by atoms with E-state index in [-0.39, 0.29) is 98.4 Å². The van der Waals surface area contributed by atoms with Gasteiger partial charge in [0.15, 0.2) is 0 Å². The smallest absolute Gasteiger partial charge is 0.870 e. The van der Waals surface area contributed by atoms with Gasteiger partial charge in [0.25, 0.3) is 0 Å². The van der Waals surface area contributed by atoms with Gasteiger partial charge in [-0.05, 0) is 0 Å². The van der Waals surface area contributed by atoms with Crippen molar-refractivity contribution in [2.45, 2.75) is 0 Å². The van der Waals surface area contributed by atoms with Gasteiger partial charge in [-0.3, -0.25) is 0 Å². The number of hydrogen-bond donors (Lipinski definition) is 0. The Bertz CT molecular complexity index is 14.1. The molecule has 80 valence electrons. The van der Waals surface area contributed by atoms with Crippen molar-refractivity contribution in [1.29, 1.82) is 0 Å². The average molecular weight is 434 g/mol. The summed E-state index contributed by atoms with van der Waals surface area (Å²) in [6, 6.07) is 0. The molecule has 0 saturated carbocycles. The Balaban J connectivity index is 0. The molecule has 0 aromatic rings. The van der Waals surface area contributed by atoms with Crippen LogP contribution >= 0.6 is 0 Å². The van der Waals surface area contributed by atoms with Crippen LogP contribution in [0, 0.1) is 0 Å². The second kappa shape index (κ2) is 643. The van der Waals surface area contributed by atoms with E-state index in [1.807, 2.05) is 0 Å². The molecule has 0 aliphatic heterocycles. The van der Waals surface area contributed by atoms with Crippen LogP contribution in [-0.2, 0) is 54.6 Å². The van der Waals surface area contributed by atoms with Gasteiger partial charge in [0, 0.05) is 0 Å². The summed E-state index contributed by atoms with van der Waals surface area (Å²) in [5.41, 5.74) is 0. The monoisotopic (exact) mass is 434 g/mol. The Morgan fingerprint density at radius 1 is 0.364 bits per heavy atom. The van der Waals surface area contributed by atoms with Crippen molar-refractivity contribution in [3.8, 4) is 0 Å². The van der Waals surface area contributed by atoms with Gasteiger partial charge >= 0.3 is 54.6 Å². The van der Waals surface area contributed by atoms with Crippen LogP contribution in [0.4, 0.5) is 0 Å². The molecule has 0 aliphatic carbocycles. The standard InChI is InChI=1S/Fe.Ni.8H2O.W/h;;8*1H2;/q2*+2;;;;;;;;;+4/p-8. The summed E-state index contributed by atoms with van der Waals surface area (Å²) in [4.78, 5) is 0. The van der Waals surface area contributed by atoms with Crippen LogP contribution in [0.5, 0.6) is 0 Å². The Hall–Kier alpha value is 1.38. The first-order valence-electron chi connectivity index (χ1n) is 0. The second-order valence-electron chi connectivity index (χ2n) is 0. The number of rotatable bonds is 0. The normalized spacial score (nSPS) is 0. The van der Waals surface area contributed by atoms with Gasteiger partial charge in [0.1, 0.15) is 0 Å². The minimum absolute atomic E-state index is 0. The molecule has 0 radical (unpaired) electrons. The summed E-state index contributed by atoms with van der Waals surface area (Å²) >= 11 is 0. The molecule has 11 heteroatoms. The van der Waals surface area contributed by atoms with Crippen molar-refractivity contribution in [2.75, 3.05) is 0 Å². The Labute approximate surface area is 98.2 Å². The molecule has 0 heterocycles. The molecule has 0 saturated heterocycles. The summed E-state index contributed by atoms with van der Waals surface area (Å²) in [6.45, 7) is 0. The van der Waals surface area contributed by atoms with Crippen LogP contribution in [-0.4, -0.2) is 43.8 Å². The molecule has 0 fully saturated rings. The van der Waals surface area contributed by atoms with Crippen LogP contribution in [0.25, 0.3) is 0 Å². The number of hydrogen-bond acceptors (Lipinski definition) is 8. The van der Waals surface area contributed by atoms with Crippen LogP contribution < -0.4 is 0 Å². The Morgan fingerprint density at radius 2 is 0.364 bits per heavy atom. The fourth-order valence-electron chi connectivity index (χ4n) is 0. The fraction of sp³-hybridized carbons (Fsp3) is 0. The van der Waals surface area contributed by atoms with E-state index in [0.29, 0.717) is 0 Å². The molecule has 0 amide bonds. The first kappa shape index (κ1) is 841. The van der Waals surface area contributed by atoms with Gasteiger partial charge in [0.2, 0.25) is 0 Å². The third-order valence-corrected chi connectivity index (χ3v) is 0. The molecule has 11 heavy (non-hydrogen) atoms. The maximum absolute atomic E-state index is 0. The molecule has 0 bridgehead atoms. The topological polar surface area (TPSA) is 240 Å². The van der Waals surface area contributed by atoms with E-state index in [4.69, 9.17) is 0 Å². The third kappa shape index (κ3) is 525. The van der Waals surface area contributed by atoms with E-state index >= 15 is 0 Å². The van der Waals surface area contributed by atoms with Crippen molar-refractivity contribution in [3.63, 3.8) is 0 Å². The molecule has 0 aromatic carbocycles. The van der Waals surface area contributed by atoms with E-state index in [1.54, 1.807) is 0 Å². The fourth-order valence-corrected chi connectivity index (χ4v) is 0. The van der Waals surface area contributed by atoms with Crippen molar-refractivity contribution in [2.24, 2.45) is 0 Å². The zero-order chi connectivity index (χ0) is 0. The predicted octanol–water partition coefficient (Wildman–Crippen LogP) is -1.42. The first-order chi connectivity index (χ1) is 0. The largest absolute Gasteiger partial charge is 4.00 e. The van der Waals surface area contributed by atoms with Crippen LogP contribution in [0.2, 0.25) is 0 Å². The summed E-state index contributed by atoms with van der Waals surface area (Å²) in [6.07, 6.45) is 0. The minimum Gasteiger partial charge on any atom is -0.870 e. The molecule has 0 atom stereocenters. The second-order valence-corrected chi connectivity index (χ2v) is 0. The maximum Gasteiger partial charge on any atom is 4.00 e. The van der Waals surface area contributed by atoms with E-state index in [0.717, 1.165) is 0 Å². The first-order valence-corrected chi connectivity index (χ1v) is 0. The van der Waals surface area contributed by atoms with E-state index in [9.17, 15) is 0 Å². The zero-order valence-electron chi connectivity index (χ0n) is 4.66. The summed E-state index contributed by atoms with van der Waals surface area (Å²) in [5, 5.41) is 0. The third-order valence-electron chi connectivity index (χ3n) is 0. The molecule has 0 spiro atoms. The van der Waals surface area contributed by atoms with Gasteiger partial charge in [0.05, 0.1) is 0 Å². The quantitative estimate of drug-likeness (QED) is 0.408. The van der Waals surface area contributed by atoms with Crippen molar-refractivity contribution in [1.82, 2.24) is 0 Å². The van der Waals surface area contributed by atoms with Gasteiger partial charge in [-0.25, -0.2) is 0 Å². The van der Waals surface area contributed by atoms with Gasteiger partial charge in [-0.1, -0.05) is 0 Å². The molecule has 8 N–H and O–H groups in total. The van der Waals surface area contributed by atoms with Crippen LogP contribution in [0.1, 0.15) is 0 Å². The summed E-state index contributed by atoms with van der Waals surface area (Å²) < 4.78 is 0. The molecular weight excluding hydrogens is 426 g/mol. The Morgan fingerprint density at radius 3 is 0.364 bits per heavy atom. The van der Waals surface area contributed by atoms with Crippen LogP contribution in [0.3, 0.4) is 0 Å². The predicted molar refractivity (Wildman–Crippen MR) is 15.5 cm³/mol.